The van der Waals surface area contributed by atoms with Crippen LogP contribution in [0.15, 0.2) is 0 Å². The second-order valence-corrected chi connectivity index (χ2v) is 16.8. The Balaban J connectivity index is 1.31. The van der Waals surface area contributed by atoms with Gasteiger partial charge in [0, 0.05) is 0 Å². The molecule has 0 aliphatic carbocycles. The number of aliphatic hydroxyl groups excluding tert-OH is 20. The Kier molecular flexibility index (Phi) is 19.4. The lowest BCUT2D eigenvalue weighted by Crippen LogP contribution is -2.69. The predicted octanol–water partition coefficient (Wildman–Crippen LogP) is -14.1. The molecular weight excluding hydrogens is 928 g/mol. The van der Waals surface area contributed by atoms with E-state index in [-0.39, 0.29) is 0 Å². The molecule has 0 aromatic rings. The van der Waals surface area contributed by atoms with E-state index in [0.717, 1.165) is 0 Å². The second-order valence-electron chi connectivity index (χ2n) is 16.8. The van der Waals surface area contributed by atoms with Crippen molar-refractivity contribution in [3.8, 4) is 0 Å². The molecule has 67 heavy (non-hydrogen) atoms. The van der Waals surface area contributed by atoms with Crippen molar-refractivity contribution in [2.75, 3.05) is 39.6 Å². The van der Waals surface area contributed by atoms with Crippen molar-refractivity contribution < 1.29 is 154 Å². The summed E-state index contributed by atoms with van der Waals surface area (Å²) in [6.45, 7) is -5.89. The monoisotopic (exact) mass is 990 g/mol. The minimum absolute atomic E-state index is 0.908. The quantitative estimate of drug-likeness (QED) is 0.0683. The molecule has 31 nitrogen and oxygen atoms in total. The lowest BCUT2D eigenvalue weighted by Gasteiger charge is -2.50. The fraction of sp³-hybridized carbons (Fsp3) is 1.00. The van der Waals surface area contributed by atoms with Gasteiger partial charge in [0.05, 0.1) is 39.6 Å². The van der Waals surface area contributed by atoms with Gasteiger partial charge in [-0.3, -0.25) is 0 Å². The van der Waals surface area contributed by atoms with Crippen LogP contribution in [0.3, 0.4) is 0 Å². The maximum Gasteiger partial charge on any atom is 0.190 e. The van der Waals surface area contributed by atoms with Crippen LogP contribution in [0.2, 0.25) is 0 Å². The Morgan fingerprint density at radius 3 is 0.627 bits per heavy atom. The molecule has 6 fully saturated rings. The molecule has 30 unspecified atom stereocenters. The Bertz CT molecular complexity index is 1510. The number of hydrogen-bond acceptors (Lipinski definition) is 31. The van der Waals surface area contributed by atoms with E-state index in [1.54, 1.807) is 0 Å². The molecule has 0 amide bonds. The van der Waals surface area contributed by atoms with E-state index in [1.165, 1.54) is 0 Å². The zero-order valence-corrected chi connectivity index (χ0v) is 35.0. The van der Waals surface area contributed by atoms with Crippen molar-refractivity contribution in [1.29, 1.82) is 0 Å². The first-order valence-corrected chi connectivity index (χ1v) is 21.1. The van der Waals surface area contributed by atoms with Gasteiger partial charge in [0.15, 0.2) is 37.7 Å². The van der Waals surface area contributed by atoms with Gasteiger partial charge in [0.2, 0.25) is 0 Å². The van der Waals surface area contributed by atoms with Crippen LogP contribution in [0.5, 0.6) is 0 Å². The van der Waals surface area contributed by atoms with Gasteiger partial charge in [-0.25, -0.2) is 0 Å². The molecule has 392 valence electrons. The molecule has 0 radical (unpaired) electrons. The lowest BCUT2D eigenvalue weighted by molar-refractivity contribution is -0.420. The van der Waals surface area contributed by atoms with Gasteiger partial charge in [-0.05, 0) is 0 Å². The van der Waals surface area contributed by atoms with Crippen molar-refractivity contribution in [2.45, 2.75) is 184 Å². The molecule has 6 aliphatic heterocycles. The largest absolute Gasteiger partial charge is 0.394 e. The number of aliphatic hydroxyl groups is 20. The number of ether oxygens (including phenoxy) is 11. The van der Waals surface area contributed by atoms with Crippen LogP contribution >= 0.6 is 0 Å². The molecule has 20 N–H and O–H groups in total. The van der Waals surface area contributed by atoms with E-state index >= 15 is 0 Å². The molecular formula is C36H62O31. The van der Waals surface area contributed by atoms with E-state index < -0.39 is 224 Å². The first kappa shape index (κ1) is 55.1. The van der Waals surface area contributed by atoms with Gasteiger partial charge in [-0.15, -0.1) is 0 Å². The summed E-state index contributed by atoms with van der Waals surface area (Å²) in [6.07, 6.45) is -60.0. The highest BCUT2D eigenvalue weighted by atomic mass is 16.8. The van der Waals surface area contributed by atoms with Crippen LogP contribution in [-0.2, 0) is 52.1 Å². The van der Waals surface area contributed by atoms with Crippen molar-refractivity contribution in [1.82, 2.24) is 0 Å². The fourth-order valence-corrected chi connectivity index (χ4v) is 8.35. The Morgan fingerprint density at radius 2 is 0.388 bits per heavy atom. The summed E-state index contributed by atoms with van der Waals surface area (Å²) >= 11 is 0. The van der Waals surface area contributed by atoms with Gasteiger partial charge >= 0.3 is 0 Å². The third-order valence-corrected chi connectivity index (χ3v) is 12.4. The molecule has 6 rings (SSSR count). The van der Waals surface area contributed by atoms with Crippen LogP contribution in [0.1, 0.15) is 0 Å². The fourth-order valence-electron chi connectivity index (χ4n) is 8.35. The van der Waals surface area contributed by atoms with E-state index in [4.69, 9.17) is 52.1 Å². The van der Waals surface area contributed by atoms with Crippen molar-refractivity contribution in [3.63, 3.8) is 0 Å². The zero-order chi connectivity index (χ0) is 49.3. The minimum atomic E-state index is -2.25. The smallest absolute Gasteiger partial charge is 0.190 e. The average molecular weight is 991 g/mol. The molecule has 30 atom stereocenters. The van der Waals surface area contributed by atoms with Crippen molar-refractivity contribution in [2.24, 2.45) is 0 Å². The standard InChI is InChI=1S/C36H62O31/c37-1-7-13(43)19(49)25(55)31(57-7)63-27-21(51)15(45)9(3-39)59-33(27)64-28-22(52)16(46)10(4-40)60-34(28)65-29-23(53)17(47)11(5-41)61-35(29)66-30-24(54)18(48)12(6-42)62-36(30)67-32-26(56)20(50)14(44)8(2-38)58-32/h7-56H,1-6H2. The maximum absolute atomic E-state index is 11.5. The Labute approximate surface area is 378 Å². The van der Waals surface area contributed by atoms with Crippen molar-refractivity contribution in [3.05, 3.63) is 0 Å². The minimum Gasteiger partial charge on any atom is -0.394 e. The first-order valence-electron chi connectivity index (χ1n) is 21.1. The molecule has 31 heteroatoms. The molecule has 0 aromatic heterocycles. The van der Waals surface area contributed by atoms with Crippen LogP contribution < -0.4 is 0 Å². The summed E-state index contributed by atoms with van der Waals surface area (Å²) in [4.78, 5) is 0. The highest BCUT2D eigenvalue weighted by Gasteiger charge is 2.58. The van der Waals surface area contributed by atoms with Crippen LogP contribution in [0.4, 0.5) is 0 Å². The summed E-state index contributed by atoms with van der Waals surface area (Å²) < 4.78 is 62.5. The highest BCUT2D eigenvalue weighted by Crippen LogP contribution is 2.37. The maximum atomic E-state index is 11.5. The SMILES string of the molecule is OCC1OC(OC2OC(CO)C(O)C(O)C2OC2OC(CO)C(O)C(O)C2OC2OC(CO)C(O)C(O)C2OC2OC(CO)C(O)C(O)C2OC2OC(CO)C(O)C(O)C2O)C(O)C(O)C1O. The predicted molar refractivity (Wildman–Crippen MR) is 199 cm³/mol. The molecule has 0 aromatic carbocycles. The zero-order valence-electron chi connectivity index (χ0n) is 35.0. The molecule has 0 saturated carbocycles. The molecule has 6 aliphatic rings. The topological polar surface area (TPSA) is 506 Å². The van der Waals surface area contributed by atoms with Crippen molar-refractivity contribution >= 4 is 0 Å². The third-order valence-electron chi connectivity index (χ3n) is 12.4. The van der Waals surface area contributed by atoms with Crippen LogP contribution in [0.25, 0.3) is 0 Å². The highest BCUT2D eigenvalue weighted by molar-refractivity contribution is 4.99. The molecule has 6 heterocycles. The van der Waals surface area contributed by atoms with Crippen LogP contribution in [0, 0.1) is 0 Å². The molecule has 0 bridgehead atoms. The Hall–Kier alpha value is -1.24. The second kappa shape index (κ2) is 23.5. The summed E-state index contributed by atoms with van der Waals surface area (Å²) in [7, 11) is 0. The van der Waals surface area contributed by atoms with Crippen LogP contribution in [-0.4, -0.2) is 326 Å². The van der Waals surface area contributed by atoms with Gasteiger partial charge in [0.1, 0.15) is 146 Å². The lowest BCUT2D eigenvalue weighted by atomic mass is 9.95. The average Bonchev–Trinajstić information content (AvgIpc) is 3.32. The van der Waals surface area contributed by atoms with Gasteiger partial charge in [-0.1, -0.05) is 0 Å². The van der Waals surface area contributed by atoms with E-state index in [0.29, 0.717) is 0 Å². The van der Waals surface area contributed by atoms with Gasteiger partial charge in [0.25, 0.3) is 0 Å². The molecule has 0 spiro atoms. The van der Waals surface area contributed by atoms with E-state index in [1.807, 2.05) is 0 Å². The summed E-state index contributed by atoms with van der Waals surface area (Å²) in [6, 6.07) is 0. The van der Waals surface area contributed by atoms with Gasteiger partial charge in [-0.2, -0.15) is 0 Å². The van der Waals surface area contributed by atoms with Gasteiger partial charge < -0.3 is 154 Å². The summed E-state index contributed by atoms with van der Waals surface area (Å²) in [5.41, 5.74) is 0. The first-order chi connectivity index (χ1) is 31.8. The summed E-state index contributed by atoms with van der Waals surface area (Å²) in [5.74, 6) is 0. The summed E-state index contributed by atoms with van der Waals surface area (Å²) in [5, 5.41) is 211. The third kappa shape index (κ3) is 11.2. The Morgan fingerprint density at radius 1 is 0.209 bits per heavy atom. The molecule has 6 saturated heterocycles. The number of rotatable bonds is 16. The van der Waals surface area contributed by atoms with E-state index in [2.05, 4.69) is 0 Å². The normalized spacial score (nSPS) is 53.4. The van der Waals surface area contributed by atoms with E-state index in [9.17, 15) is 102 Å². The number of hydrogen-bond donors (Lipinski definition) is 20.